The van der Waals surface area contributed by atoms with Crippen LogP contribution in [0, 0.1) is 0 Å². The van der Waals surface area contributed by atoms with Gasteiger partial charge in [-0.2, -0.15) is 0 Å². The number of nitrogens with one attached hydrogen (secondary N) is 3. The Balaban J connectivity index is 1.78. The number of piperidine rings is 1. The van der Waals surface area contributed by atoms with Gasteiger partial charge in [-0.1, -0.05) is 0 Å². The van der Waals surface area contributed by atoms with Crippen molar-refractivity contribution in [2.24, 2.45) is 0 Å². The Morgan fingerprint density at radius 2 is 2.03 bits per heavy atom. The number of hydrogen-bond acceptors (Lipinski definition) is 6. The van der Waals surface area contributed by atoms with Gasteiger partial charge < -0.3 is 25.8 Å². The molecule has 0 radical (unpaired) electrons. The molecule has 3 heterocycles. The molecule has 30 heavy (non-hydrogen) atoms. The molecule has 5 amide bonds. The van der Waals surface area contributed by atoms with Crippen LogP contribution in [-0.2, 0) is 9.59 Å². The summed E-state index contributed by atoms with van der Waals surface area (Å²) in [4.78, 5) is 61.4. The summed E-state index contributed by atoms with van der Waals surface area (Å²) in [6.07, 6.45) is 5.48. The quantitative estimate of drug-likeness (QED) is 0.582. The van der Waals surface area contributed by atoms with Crippen LogP contribution in [-0.4, -0.2) is 87.8 Å². The van der Waals surface area contributed by atoms with E-state index in [1.165, 1.54) is 28.4 Å². The maximum atomic E-state index is 13.1. The zero-order valence-electron chi connectivity index (χ0n) is 17.1. The number of carbonyl (C=O) groups excluding carboxylic acids is 4. The number of piperazine rings is 1. The van der Waals surface area contributed by atoms with E-state index in [-0.39, 0.29) is 43.3 Å². The number of amides is 5. The summed E-state index contributed by atoms with van der Waals surface area (Å²) in [6, 6.07) is -1.96. The summed E-state index contributed by atoms with van der Waals surface area (Å²) in [5, 5.41) is 8.26. The van der Waals surface area contributed by atoms with Crippen LogP contribution < -0.4 is 16.0 Å². The van der Waals surface area contributed by atoms with Crippen LogP contribution in [0.15, 0.2) is 18.6 Å². The predicted octanol–water partition coefficient (Wildman–Crippen LogP) is -0.884. The van der Waals surface area contributed by atoms with E-state index < -0.39 is 23.9 Å². The Kier molecular flexibility index (Phi) is 6.80. The van der Waals surface area contributed by atoms with Crippen LogP contribution in [0.2, 0.25) is 0 Å². The average molecular weight is 417 g/mol. The van der Waals surface area contributed by atoms with Crippen LogP contribution in [0.3, 0.4) is 0 Å². The largest absolute Gasteiger partial charge is 0.354 e. The fraction of sp³-hybridized carbons (Fsp3) is 0.579. The SMILES string of the molecule is CC(C)NC(=O)N1CCN(C(=O)c2cnccn2)[C@H](C(=O)N[C@H]2CCCNC2=O)C1. The number of hydrogen-bond donors (Lipinski definition) is 3. The Bertz CT molecular complexity index is 801. The second kappa shape index (κ2) is 9.51. The smallest absolute Gasteiger partial charge is 0.317 e. The molecule has 2 atom stereocenters. The number of nitrogens with zero attached hydrogens (tertiary/aromatic N) is 4. The molecule has 3 N–H and O–H groups in total. The van der Waals surface area contributed by atoms with Crippen molar-refractivity contribution in [2.45, 2.75) is 44.8 Å². The van der Waals surface area contributed by atoms with E-state index >= 15 is 0 Å². The van der Waals surface area contributed by atoms with Crippen LogP contribution >= 0.6 is 0 Å². The normalized spacial score (nSPS) is 21.8. The molecule has 0 saturated carbocycles. The summed E-state index contributed by atoms with van der Waals surface area (Å²) in [6.45, 7) is 4.73. The standard InChI is InChI=1S/C19H27N7O4/c1-12(2)23-19(30)25-8-9-26(18(29)14-10-20-6-7-21-14)15(11-25)17(28)24-13-4-3-5-22-16(13)27/h6-7,10,12-13,15H,3-5,8-9,11H2,1-2H3,(H,22,27)(H,23,30)(H,24,28)/t13-,15-/m0/s1. The fourth-order valence-corrected chi connectivity index (χ4v) is 3.51. The number of urea groups is 1. The Morgan fingerprint density at radius 3 is 2.70 bits per heavy atom. The molecule has 162 valence electrons. The molecule has 2 aliphatic heterocycles. The van der Waals surface area contributed by atoms with Gasteiger partial charge in [0.05, 0.1) is 12.7 Å². The lowest BCUT2D eigenvalue weighted by Crippen LogP contribution is -2.64. The van der Waals surface area contributed by atoms with Gasteiger partial charge in [0.15, 0.2) is 0 Å². The first kappa shape index (κ1) is 21.5. The monoisotopic (exact) mass is 417 g/mol. The van der Waals surface area contributed by atoms with Crippen LogP contribution in [0.5, 0.6) is 0 Å². The molecule has 2 saturated heterocycles. The molecule has 11 nitrogen and oxygen atoms in total. The summed E-state index contributed by atoms with van der Waals surface area (Å²) >= 11 is 0. The molecule has 0 bridgehead atoms. The van der Waals surface area contributed by atoms with E-state index in [1.807, 2.05) is 13.8 Å². The summed E-state index contributed by atoms with van der Waals surface area (Å²) < 4.78 is 0. The number of rotatable bonds is 4. The topological polar surface area (TPSA) is 137 Å². The highest BCUT2D eigenvalue weighted by atomic mass is 16.2. The fourth-order valence-electron chi connectivity index (χ4n) is 3.51. The molecule has 0 aliphatic carbocycles. The minimum absolute atomic E-state index is 0.0186. The van der Waals surface area contributed by atoms with Crippen molar-refractivity contribution in [1.82, 2.24) is 35.7 Å². The van der Waals surface area contributed by atoms with Gasteiger partial charge in [-0.25, -0.2) is 9.78 Å². The van der Waals surface area contributed by atoms with Crippen LogP contribution in [0.4, 0.5) is 4.79 Å². The first-order valence-corrected chi connectivity index (χ1v) is 10.1. The number of carbonyl (C=O) groups is 4. The average Bonchev–Trinajstić information content (AvgIpc) is 2.74. The molecule has 0 unspecified atom stereocenters. The summed E-state index contributed by atoms with van der Waals surface area (Å²) in [5.74, 6) is -1.16. The van der Waals surface area contributed by atoms with Gasteiger partial charge in [-0.05, 0) is 26.7 Å². The lowest BCUT2D eigenvalue weighted by molar-refractivity contribution is -0.133. The predicted molar refractivity (Wildman–Crippen MR) is 106 cm³/mol. The highest BCUT2D eigenvalue weighted by Crippen LogP contribution is 2.15. The molecule has 1 aromatic heterocycles. The second-order valence-corrected chi connectivity index (χ2v) is 7.65. The van der Waals surface area contributed by atoms with Crippen molar-refractivity contribution < 1.29 is 19.2 Å². The first-order valence-electron chi connectivity index (χ1n) is 10.1. The van der Waals surface area contributed by atoms with Gasteiger partial charge in [0.2, 0.25) is 11.8 Å². The Morgan fingerprint density at radius 1 is 1.23 bits per heavy atom. The van der Waals surface area contributed by atoms with Gasteiger partial charge >= 0.3 is 6.03 Å². The zero-order valence-corrected chi connectivity index (χ0v) is 17.1. The Hall–Kier alpha value is -3.24. The van der Waals surface area contributed by atoms with E-state index in [0.29, 0.717) is 13.0 Å². The molecule has 1 aromatic rings. The highest BCUT2D eigenvalue weighted by molar-refractivity contribution is 5.97. The van der Waals surface area contributed by atoms with Gasteiger partial charge in [0.1, 0.15) is 17.8 Å². The zero-order chi connectivity index (χ0) is 21.7. The Labute approximate surface area is 174 Å². The summed E-state index contributed by atoms with van der Waals surface area (Å²) in [5.41, 5.74) is 0.116. The van der Waals surface area contributed by atoms with Crippen LogP contribution in [0.1, 0.15) is 37.2 Å². The van der Waals surface area contributed by atoms with Crippen molar-refractivity contribution >= 4 is 23.8 Å². The van der Waals surface area contributed by atoms with E-state index in [9.17, 15) is 19.2 Å². The first-order chi connectivity index (χ1) is 14.4. The molecule has 11 heteroatoms. The van der Waals surface area contributed by atoms with Crippen molar-refractivity contribution in [3.63, 3.8) is 0 Å². The minimum Gasteiger partial charge on any atom is -0.354 e. The third-order valence-electron chi connectivity index (χ3n) is 5.03. The number of aromatic nitrogens is 2. The van der Waals surface area contributed by atoms with Gasteiger partial charge in [0, 0.05) is 38.1 Å². The third-order valence-corrected chi connectivity index (χ3v) is 5.03. The van der Waals surface area contributed by atoms with Gasteiger partial charge in [-0.3, -0.25) is 19.4 Å². The lowest BCUT2D eigenvalue weighted by atomic mass is 10.0. The molecule has 3 rings (SSSR count). The van der Waals surface area contributed by atoms with Crippen molar-refractivity contribution in [3.05, 3.63) is 24.3 Å². The molecular formula is C19H27N7O4. The maximum absolute atomic E-state index is 13.1. The highest BCUT2D eigenvalue weighted by Gasteiger charge is 2.39. The minimum atomic E-state index is -0.944. The molecule has 0 spiro atoms. The van der Waals surface area contributed by atoms with Gasteiger partial charge in [0.25, 0.3) is 5.91 Å². The van der Waals surface area contributed by atoms with Crippen LogP contribution in [0.25, 0.3) is 0 Å². The molecule has 2 fully saturated rings. The van der Waals surface area contributed by atoms with Crippen molar-refractivity contribution in [1.29, 1.82) is 0 Å². The maximum Gasteiger partial charge on any atom is 0.317 e. The van der Waals surface area contributed by atoms with Gasteiger partial charge in [-0.15, -0.1) is 0 Å². The molecule has 0 aromatic carbocycles. The van der Waals surface area contributed by atoms with Crippen molar-refractivity contribution in [3.8, 4) is 0 Å². The third kappa shape index (κ3) is 5.02. The molecular weight excluding hydrogens is 390 g/mol. The van der Waals surface area contributed by atoms with E-state index in [2.05, 4.69) is 25.9 Å². The van der Waals surface area contributed by atoms with E-state index in [4.69, 9.17) is 0 Å². The summed E-state index contributed by atoms with van der Waals surface area (Å²) in [7, 11) is 0. The van der Waals surface area contributed by atoms with E-state index in [0.717, 1.165) is 6.42 Å². The van der Waals surface area contributed by atoms with E-state index in [1.54, 1.807) is 0 Å². The van der Waals surface area contributed by atoms with Crippen molar-refractivity contribution in [2.75, 3.05) is 26.2 Å². The molecule has 2 aliphatic rings. The second-order valence-electron chi connectivity index (χ2n) is 7.65. The lowest BCUT2D eigenvalue weighted by Gasteiger charge is -2.41.